The summed E-state index contributed by atoms with van der Waals surface area (Å²) in [6.07, 6.45) is 3.83. The van der Waals surface area contributed by atoms with Gasteiger partial charge in [0.15, 0.2) is 5.78 Å². The van der Waals surface area contributed by atoms with Crippen LogP contribution in [0.5, 0.6) is 0 Å². The molecule has 8 rings (SSSR count). The molecule has 8 aromatic rings. The third kappa shape index (κ3) is 14.2. The molecule has 0 atom stereocenters. The molecule has 0 unspecified atom stereocenters. The van der Waals surface area contributed by atoms with Gasteiger partial charge >= 0.3 is 12.4 Å². The maximum Gasteiger partial charge on any atom is 0.416 e. The second-order valence-electron chi connectivity index (χ2n) is 13.0. The number of rotatable bonds is 8. The van der Waals surface area contributed by atoms with Crippen molar-refractivity contribution in [3.05, 3.63) is 189 Å². The minimum absolute atomic E-state index is 0. The average molecular weight is 937 g/mol. The Morgan fingerprint density at radius 3 is 1.41 bits per heavy atom. The number of primary amides is 1. The fraction of sp³-hybridized carbons (Fsp3) is 0.191. The Morgan fingerprint density at radius 1 is 0.571 bits per heavy atom. The van der Waals surface area contributed by atoms with Crippen molar-refractivity contribution in [2.45, 2.75) is 61.3 Å². The fourth-order valence-electron chi connectivity index (χ4n) is 5.87. The Kier molecular flexibility index (Phi) is 19.1. The molecule has 0 saturated heterocycles. The summed E-state index contributed by atoms with van der Waals surface area (Å²) < 4.78 is 74.8. The number of alkyl halides is 6. The van der Waals surface area contributed by atoms with E-state index >= 15 is 0 Å². The Bertz CT molecular complexity index is 2660. The summed E-state index contributed by atoms with van der Waals surface area (Å²) in [5.74, 6) is -1.02. The monoisotopic (exact) mass is 935 g/mol. The lowest BCUT2D eigenvalue weighted by Gasteiger charge is -2.07. The number of carbonyl (C=O) groups excluding carboxylic acids is 2. The number of hydrogen-bond donors (Lipinski definition) is 3. The topological polar surface area (TPSA) is 143 Å². The maximum atomic E-state index is 12.6. The van der Waals surface area contributed by atoms with Gasteiger partial charge in [0.25, 0.3) is 0 Å². The minimum atomic E-state index is -4.42. The lowest BCUT2D eigenvalue weighted by atomic mass is 10.0. The smallest absolute Gasteiger partial charge is 0.366 e. The van der Waals surface area contributed by atoms with E-state index in [4.69, 9.17) is 5.73 Å². The Morgan fingerprint density at radius 2 is 1.02 bits per heavy atom. The third-order valence-corrected chi connectivity index (χ3v) is 9.38. The van der Waals surface area contributed by atoms with Crippen LogP contribution in [0.15, 0.2) is 139 Å². The lowest BCUT2D eigenvalue weighted by Crippen LogP contribution is -2.11. The Balaban J connectivity index is 0.000000344. The van der Waals surface area contributed by atoms with E-state index < -0.39 is 29.4 Å². The van der Waals surface area contributed by atoms with E-state index in [9.17, 15) is 35.9 Å². The lowest BCUT2D eigenvalue weighted by molar-refractivity contribution is -0.138. The fourth-order valence-corrected chi connectivity index (χ4v) is 6.10. The molecule has 9 nitrogen and oxygen atoms in total. The number of aromatic nitrogens is 6. The van der Waals surface area contributed by atoms with Gasteiger partial charge in [-0.2, -0.15) is 26.3 Å². The van der Waals surface area contributed by atoms with Crippen LogP contribution in [-0.2, 0) is 31.6 Å². The van der Waals surface area contributed by atoms with Crippen LogP contribution < -0.4 is 5.73 Å². The average Bonchev–Trinajstić information content (AvgIpc) is 3.83. The standard InChI is InChI=1S/C22H16F3N3O.C13H10BrN3.C8H6F3NO.4CH4/c23-22(24,25)17-6-4-15(5-7-17)20(29)11-18-8-3-14(12-27-18)10-16-13-28-21-19(16)2-1-9-26-21;14-12-4-3-9(7-16-12)6-10-8-17-13-11(10)2-1-5-15-13;9-8(10,11)6-3-1-5(2-4-6)7(12)13;;;;/h1-9,12-13H,10-11H2,(H,26,28);1-5,7-8H,6H2,(H,15,17);1-4H,(H2,12,13);4*1H4. The summed E-state index contributed by atoms with van der Waals surface area (Å²) in [6, 6.07) is 23.6. The zero-order valence-corrected chi connectivity index (χ0v) is 32.2. The van der Waals surface area contributed by atoms with Gasteiger partial charge in [0.1, 0.15) is 15.9 Å². The van der Waals surface area contributed by atoms with Crippen molar-refractivity contribution in [1.82, 2.24) is 29.9 Å². The zero-order chi connectivity index (χ0) is 42.2. The predicted octanol–water partition coefficient (Wildman–Crippen LogP) is 12.7. The van der Waals surface area contributed by atoms with Gasteiger partial charge < -0.3 is 15.7 Å². The van der Waals surface area contributed by atoms with Crippen LogP contribution in [0.1, 0.15) is 89.5 Å². The van der Waals surface area contributed by atoms with Gasteiger partial charge in [-0.1, -0.05) is 54.0 Å². The predicted molar refractivity (Wildman–Crippen MR) is 240 cm³/mol. The first-order valence-electron chi connectivity index (χ1n) is 17.7. The third-order valence-electron chi connectivity index (χ3n) is 8.91. The number of amides is 1. The highest BCUT2D eigenvalue weighted by Crippen LogP contribution is 2.30. The molecule has 2 aromatic carbocycles. The number of aromatic amines is 2. The van der Waals surface area contributed by atoms with Crippen LogP contribution in [0.4, 0.5) is 26.3 Å². The number of nitrogens with zero attached hydrogens (tertiary/aromatic N) is 4. The van der Waals surface area contributed by atoms with Crippen LogP contribution in [-0.4, -0.2) is 41.6 Å². The van der Waals surface area contributed by atoms with Crippen LogP contribution in [0, 0.1) is 0 Å². The van der Waals surface area contributed by atoms with Gasteiger partial charge in [-0.25, -0.2) is 15.0 Å². The molecule has 0 aliphatic carbocycles. The quantitative estimate of drug-likeness (QED) is 0.0786. The van der Waals surface area contributed by atoms with Gasteiger partial charge in [-0.15, -0.1) is 0 Å². The van der Waals surface area contributed by atoms with Crippen LogP contribution >= 0.6 is 15.9 Å². The van der Waals surface area contributed by atoms with E-state index in [0.29, 0.717) is 12.1 Å². The SMILES string of the molecule is Brc1ccc(Cc2c[nH]c3ncccc23)cn1.C.C.C.C.NC(=O)c1ccc(C(F)(F)F)cc1.O=C(Cc1ccc(Cc2c[nH]c3ncccc23)cn1)c1ccc(C(F)(F)F)cc1. The molecule has 0 aliphatic rings. The van der Waals surface area contributed by atoms with Crippen molar-refractivity contribution < 1.29 is 35.9 Å². The van der Waals surface area contributed by atoms with Crippen LogP contribution in [0.2, 0.25) is 0 Å². The molecule has 0 aliphatic heterocycles. The second-order valence-corrected chi connectivity index (χ2v) is 13.9. The van der Waals surface area contributed by atoms with E-state index in [2.05, 4.69) is 58.0 Å². The number of Topliss-reactive ketones (excluding diaryl/α,β-unsaturated/α-hetero) is 1. The van der Waals surface area contributed by atoms with E-state index in [0.717, 1.165) is 75.2 Å². The number of hydrogen-bond acceptors (Lipinski definition) is 6. The molecule has 332 valence electrons. The van der Waals surface area contributed by atoms with E-state index in [1.807, 2.05) is 48.9 Å². The molecule has 0 radical (unpaired) electrons. The van der Waals surface area contributed by atoms with Crippen LogP contribution in [0.3, 0.4) is 0 Å². The first-order valence-corrected chi connectivity index (χ1v) is 18.5. The molecular weight excluding hydrogens is 888 g/mol. The molecule has 6 heterocycles. The molecular formula is C47H48BrF6N7O2. The molecule has 6 aromatic heterocycles. The van der Waals surface area contributed by atoms with E-state index in [1.54, 1.807) is 24.7 Å². The number of nitrogens with two attached hydrogens (primary N) is 1. The number of nitrogens with one attached hydrogen (secondary N) is 2. The first kappa shape index (κ1) is 52.5. The van der Waals surface area contributed by atoms with Gasteiger partial charge in [-0.05, 0) is 111 Å². The van der Waals surface area contributed by atoms with Gasteiger partial charge in [0, 0.05) is 77.6 Å². The summed E-state index contributed by atoms with van der Waals surface area (Å²) >= 11 is 3.34. The van der Waals surface area contributed by atoms with Gasteiger partial charge in [-0.3, -0.25) is 14.6 Å². The molecule has 0 bridgehead atoms. The molecule has 0 spiro atoms. The van der Waals surface area contributed by atoms with E-state index in [-0.39, 0.29) is 53.0 Å². The highest BCUT2D eigenvalue weighted by molar-refractivity contribution is 9.10. The first-order chi connectivity index (χ1) is 28.1. The normalized spacial score (nSPS) is 10.7. The van der Waals surface area contributed by atoms with Crippen molar-refractivity contribution in [3.8, 4) is 0 Å². The van der Waals surface area contributed by atoms with E-state index in [1.165, 1.54) is 28.6 Å². The Hall–Kier alpha value is -6.68. The largest absolute Gasteiger partial charge is 0.416 e. The minimum Gasteiger partial charge on any atom is -0.366 e. The van der Waals surface area contributed by atoms with Crippen molar-refractivity contribution in [1.29, 1.82) is 0 Å². The number of H-pyrrole nitrogens is 2. The summed E-state index contributed by atoms with van der Waals surface area (Å²) in [5.41, 5.74) is 10.4. The number of pyridine rings is 4. The van der Waals surface area contributed by atoms with Crippen molar-refractivity contribution in [3.63, 3.8) is 0 Å². The van der Waals surface area contributed by atoms with Crippen molar-refractivity contribution in [2.24, 2.45) is 5.73 Å². The van der Waals surface area contributed by atoms with Crippen LogP contribution in [0.25, 0.3) is 22.1 Å². The number of fused-ring (bicyclic) bond motifs is 2. The highest BCUT2D eigenvalue weighted by atomic mass is 79.9. The number of carbonyl (C=O) groups is 2. The number of halogens is 7. The summed E-state index contributed by atoms with van der Waals surface area (Å²) in [5, 5.41) is 2.23. The van der Waals surface area contributed by atoms with Crippen molar-refractivity contribution in [2.75, 3.05) is 0 Å². The maximum absolute atomic E-state index is 12.6. The summed E-state index contributed by atoms with van der Waals surface area (Å²) in [7, 11) is 0. The molecule has 4 N–H and O–H groups in total. The molecule has 0 fully saturated rings. The summed E-state index contributed by atoms with van der Waals surface area (Å²) in [4.78, 5) is 46.3. The zero-order valence-electron chi connectivity index (χ0n) is 30.7. The number of ketones is 1. The highest BCUT2D eigenvalue weighted by Gasteiger charge is 2.31. The Labute approximate surface area is 370 Å². The molecule has 63 heavy (non-hydrogen) atoms. The molecule has 0 saturated carbocycles. The van der Waals surface area contributed by atoms with Gasteiger partial charge in [0.05, 0.1) is 17.5 Å². The molecule has 1 amide bonds. The van der Waals surface area contributed by atoms with Gasteiger partial charge in [0.2, 0.25) is 5.91 Å². The molecule has 16 heteroatoms. The summed E-state index contributed by atoms with van der Waals surface area (Å²) in [6.45, 7) is 0. The van der Waals surface area contributed by atoms with Crippen molar-refractivity contribution >= 4 is 49.7 Å². The second kappa shape index (κ2) is 23.0. The number of benzene rings is 2.